The molecule has 14 heavy (non-hydrogen) atoms. The molecule has 2 unspecified atom stereocenters. The second-order valence-corrected chi connectivity index (χ2v) is 4.87. The van der Waals surface area contributed by atoms with Crippen molar-refractivity contribution in [2.45, 2.75) is 5.85 Å². The second-order valence-electron chi connectivity index (χ2n) is 2.29. The summed E-state index contributed by atoms with van der Waals surface area (Å²) >= 11 is 10.6. The molecule has 0 bridgehead atoms. The minimum Gasteiger partial charge on any atom is -0.430 e. The van der Waals surface area contributed by atoms with E-state index in [2.05, 4.69) is 9.47 Å². The monoisotopic (exact) mass is 260 g/mol. The van der Waals surface area contributed by atoms with Crippen LogP contribution in [-0.4, -0.2) is 25.2 Å². The van der Waals surface area contributed by atoms with Crippen molar-refractivity contribution in [3.05, 3.63) is 10.6 Å². The van der Waals surface area contributed by atoms with Gasteiger partial charge in [0.15, 0.2) is 0 Å². The lowest BCUT2D eigenvalue weighted by molar-refractivity contribution is 0.126. The van der Waals surface area contributed by atoms with Gasteiger partial charge in [0.25, 0.3) is 0 Å². The van der Waals surface area contributed by atoms with Gasteiger partial charge in [-0.1, -0.05) is 23.2 Å². The smallest absolute Gasteiger partial charge is 0.430 e. The molecule has 0 saturated carbocycles. The lowest BCUT2D eigenvalue weighted by atomic mass is 10.7. The Labute approximate surface area is 90.8 Å². The molecule has 0 aromatic rings. The van der Waals surface area contributed by atoms with Gasteiger partial charge in [-0.2, -0.15) is 0 Å². The van der Waals surface area contributed by atoms with Crippen LogP contribution in [0.5, 0.6) is 0 Å². The number of carbonyl (C=O) groups excluding carboxylic acids is 1. The molecule has 1 fully saturated rings. The Bertz CT molecular complexity index is 275. The molecule has 1 aliphatic rings. The molecule has 1 heterocycles. The van der Waals surface area contributed by atoms with Gasteiger partial charge in [-0.05, 0) is 6.08 Å². The van der Waals surface area contributed by atoms with Gasteiger partial charge in [0.05, 0.1) is 6.61 Å². The van der Waals surface area contributed by atoms with E-state index in [1.54, 1.807) is 0 Å². The molecule has 0 amide bonds. The van der Waals surface area contributed by atoms with Gasteiger partial charge in [0.2, 0.25) is 13.9 Å². The highest BCUT2D eigenvalue weighted by Gasteiger charge is 2.30. The summed E-state index contributed by atoms with van der Waals surface area (Å²) in [7, 11) is -2.48. The summed E-state index contributed by atoms with van der Waals surface area (Å²) in [6.45, 7) is -0.0386. The Morgan fingerprint density at radius 1 is 1.71 bits per heavy atom. The molecule has 0 aromatic heterocycles. The third kappa shape index (κ3) is 3.88. The van der Waals surface area contributed by atoms with Crippen LogP contribution in [0.25, 0.3) is 0 Å². The first-order chi connectivity index (χ1) is 6.59. The van der Waals surface area contributed by atoms with Crippen molar-refractivity contribution in [1.29, 1.82) is 0 Å². The zero-order chi connectivity index (χ0) is 10.6. The van der Waals surface area contributed by atoms with E-state index < -0.39 is 20.0 Å². The summed E-state index contributed by atoms with van der Waals surface area (Å²) in [5.74, 6) is -0.810. The summed E-state index contributed by atoms with van der Waals surface area (Å²) in [4.78, 5) is 10.5. The average Bonchev–Trinajstić information content (AvgIpc) is 2.51. The van der Waals surface area contributed by atoms with Crippen LogP contribution in [0.15, 0.2) is 10.6 Å². The van der Waals surface area contributed by atoms with Gasteiger partial charge in [0, 0.05) is 0 Å². The van der Waals surface area contributed by atoms with E-state index in [1.165, 1.54) is 6.08 Å². The lowest BCUT2D eigenvalue weighted by Crippen LogP contribution is -2.05. The Hall–Kier alpha value is -0.220. The fourth-order valence-corrected chi connectivity index (χ4v) is 1.70. The molecule has 0 radical (unpaired) electrons. The first kappa shape index (κ1) is 11.9. The highest BCUT2D eigenvalue weighted by atomic mass is 35.5. The number of hydrogen-bond acceptors (Lipinski definition) is 5. The number of cyclic esters (lactones) is 2. The van der Waals surface area contributed by atoms with Crippen LogP contribution in [0, 0.1) is 0 Å². The highest BCUT2D eigenvalue weighted by Crippen LogP contribution is 2.33. The van der Waals surface area contributed by atoms with Gasteiger partial charge >= 0.3 is 6.16 Å². The summed E-state index contributed by atoms with van der Waals surface area (Å²) in [5, 5.41) is 0. The summed E-state index contributed by atoms with van der Waals surface area (Å²) in [6, 6.07) is 0. The van der Waals surface area contributed by atoms with Crippen molar-refractivity contribution in [3.63, 3.8) is 0 Å². The number of carbonyl (C=O) groups is 1. The molecular weight excluding hydrogens is 254 g/mol. The van der Waals surface area contributed by atoms with E-state index >= 15 is 0 Å². The predicted molar refractivity (Wildman–Crippen MR) is 51.0 cm³/mol. The SMILES string of the molecule is O=C1OCC([PH](=O)OCC=C(Cl)Cl)O1. The van der Waals surface area contributed by atoms with Gasteiger partial charge in [0.1, 0.15) is 11.1 Å². The molecule has 1 saturated heterocycles. The maximum absolute atomic E-state index is 11.3. The number of hydrogen-bond donors (Lipinski definition) is 0. The first-order valence-electron chi connectivity index (χ1n) is 3.61. The fourth-order valence-electron chi connectivity index (χ4n) is 0.724. The van der Waals surface area contributed by atoms with Crippen molar-refractivity contribution in [2.24, 2.45) is 0 Å². The van der Waals surface area contributed by atoms with Crippen molar-refractivity contribution in [2.75, 3.05) is 13.2 Å². The van der Waals surface area contributed by atoms with Gasteiger partial charge < -0.3 is 14.0 Å². The first-order valence-corrected chi connectivity index (χ1v) is 5.76. The summed E-state index contributed by atoms with van der Waals surface area (Å²) in [6.07, 6.45) is 0.506. The molecule has 5 nitrogen and oxygen atoms in total. The standard InChI is InChI=1S/C6H7Cl2O5P/c7-4(8)1-2-12-14(10)5-3-11-6(9)13-5/h1,5,14H,2-3H2. The molecule has 80 valence electrons. The van der Waals surface area contributed by atoms with Crippen molar-refractivity contribution in [3.8, 4) is 0 Å². The summed E-state index contributed by atoms with van der Waals surface area (Å²) < 4.78 is 25.1. The van der Waals surface area contributed by atoms with E-state index in [-0.39, 0.29) is 17.7 Å². The molecule has 8 heteroatoms. The Balaban J connectivity index is 2.29. The minimum absolute atomic E-state index is 0.00812. The average molecular weight is 261 g/mol. The second kappa shape index (κ2) is 5.61. The van der Waals surface area contributed by atoms with E-state index in [0.717, 1.165) is 0 Å². The van der Waals surface area contributed by atoms with Crippen LogP contribution in [0.2, 0.25) is 0 Å². The maximum atomic E-state index is 11.3. The largest absolute Gasteiger partial charge is 0.509 e. The van der Waals surface area contributed by atoms with Crippen LogP contribution in [0.3, 0.4) is 0 Å². The van der Waals surface area contributed by atoms with Gasteiger partial charge in [-0.25, -0.2) is 4.79 Å². The van der Waals surface area contributed by atoms with E-state index in [0.29, 0.717) is 0 Å². The Kier molecular flexibility index (Phi) is 4.75. The molecular formula is C6H7Cl2O5P. The Morgan fingerprint density at radius 3 is 2.93 bits per heavy atom. The zero-order valence-electron chi connectivity index (χ0n) is 6.87. The molecule has 1 aliphatic heterocycles. The molecule has 0 aliphatic carbocycles. The van der Waals surface area contributed by atoms with Crippen LogP contribution in [0.1, 0.15) is 0 Å². The van der Waals surface area contributed by atoms with E-state index in [1.807, 2.05) is 0 Å². The summed E-state index contributed by atoms with van der Waals surface area (Å²) in [5.41, 5.74) is 0. The predicted octanol–water partition coefficient (Wildman–Crippen LogP) is 2.29. The quantitative estimate of drug-likeness (QED) is 0.573. The normalized spacial score (nSPS) is 22.4. The third-order valence-electron chi connectivity index (χ3n) is 1.32. The number of halogens is 2. The molecule has 0 aromatic carbocycles. The van der Waals surface area contributed by atoms with Crippen molar-refractivity contribution < 1.29 is 23.4 Å². The molecule has 1 rings (SSSR count). The lowest BCUT2D eigenvalue weighted by Gasteiger charge is -2.05. The number of rotatable bonds is 4. The maximum Gasteiger partial charge on any atom is 0.509 e. The van der Waals surface area contributed by atoms with Crippen molar-refractivity contribution in [1.82, 2.24) is 0 Å². The third-order valence-corrected chi connectivity index (χ3v) is 2.89. The van der Waals surface area contributed by atoms with Crippen LogP contribution < -0.4 is 0 Å². The van der Waals surface area contributed by atoms with E-state index in [9.17, 15) is 9.36 Å². The van der Waals surface area contributed by atoms with Crippen LogP contribution in [-0.2, 0) is 18.6 Å². The van der Waals surface area contributed by atoms with E-state index in [4.69, 9.17) is 27.7 Å². The minimum atomic E-state index is -2.48. The number of ether oxygens (including phenoxy) is 2. The van der Waals surface area contributed by atoms with Gasteiger partial charge in [-0.15, -0.1) is 0 Å². The highest BCUT2D eigenvalue weighted by molar-refractivity contribution is 7.39. The molecule has 0 N–H and O–H groups in total. The van der Waals surface area contributed by atoms with Crippen LogP contribution in [0.4, 0.5) is 4.79 Å². The van der Waals surface area contributed by atoms with Crippen LogP contribution >= 0.6 is 31.2 Å². The topological polar surface area (TPSA) is 61.8 Å². The fraction of sp³-hybridized carbons (Fsp3) is 0.500. The van der Waals surface area contributed by atoms with Gasteiger partial charge in [-0.3, -0.25) is 4.57 Å². The Morgan fingerprint density at radius 2 is 2.43 bits per heavy atom. The van der Waals surface area contributed by atoms with Crippen molar-refractivity contribution >= 4 is 37.4 Å². The molecule has 0 spiro atoms. The zero-order valence-corrected chi connectivity index (χ0v) is 9.38. The molecule has 2 atom stereocenters.